The lowest BCUT2D eigenvalue weighted by Gasteiger charge is -2.26. The van der Waals surface area contributed by atoms with E-state index in [4.69, 9.17) is 9.84 Å². The minimum absolute atomic E-state index is 0.442. The van der Waals surface area contributed by atoms with E-state index in [0.29, 0.717) is 19.6 Å². The summed E-state index contributed by atoms with van der Waals surface area (Å²) in [6, 6.07) is 0. The summed E-state index contributed by atoms with van der Waals surface area (Å²) < 4.78 is 4.90. The van der Waals surface area contributed by atoms with Crippen molar-refractivity contribution in [2.75, 3.05) is 40.9 Å². The fourth-order valence-electron chi connectivity index (χ4n) is 1.13. The maximum absolute atomic E-state index is 11.1. The highest BCUT2D eigenvalue weighted by Gasteiger charge is 2.31. The Hall–Kier alpha value is -0.650. The number of hydrogen-bond donors (Lipinski definition) is 2. The quantitative estimate of drug-likeness (QED) is 0.601. The van der Waals surface area contributed by atoms with E-state index >= 15 is 0 Å². The molecular formula is C10H22N2O3. The number of nitrogens with one attached hydrogen (secondary N) is 1. The fourth-order valence-corrected chi connectivity index (χ4v) is 1.13. The van der Waals surface area contributed by atoms with Crippen LogP contribution in [0, 0.1) is 0 Å². The molecule has 0 aliphatic rings. The minimum atomic E-state index is -0.897. The van der Waals surface area contributed by atoms with Gasteiger partial charge in [-0.15, -0.1) is 0 Å². The predicted octanol–water partition coefficient (Wildman–Crippen LogP) is 0.0174. The number of aliphatic carboxylic acids is 1. The number of methoxy groups -OCH3 is 1. The van der Waals surface area contributed by atoms with Crippen molar-refractivity contribution < 1.29 is 14.6 Å². The van der Waals surface area contributed by atoms with Crippen molar-refractivity contribution in [3.63, 3.8) is 0 Å². The predicted molar refractivity (Wildman–Crippen MR) is 59.1 cm³/mol. The molecule has 1 unspecified atom stereocenters. The number of likely N-dealkylation sites (N-methyl/N-ethyl adjacent to an activating group) is 1. The van der Waals surface area contributed by atoms with Gasteiger partial charge in [0, 0.05) is 26.8 Å². The minimum Gasteiger partial charge on any atom is -0.480 e. The van der Waals surface area contributed by atoms with Gasteiger partial charge in [0.15, 0.2) is 0 Å². The molecule has 5 nitrogen and oxygen atoms in total. The van der Waals surface area contributed by atoms with Crippen molar-refractivity contribution in [1.29, 1.82) is 0 Å². The van der Waals surface area contributed by atoms with Crippen molar-refractivity contribution >= 4 is 5.97 Å². The van der Waals surface area contributed by atoms with E-state index in [2.05, 4.69) is 5.32 Å². The van der Waals surface area contributed by atoms with Crippen molar-refractivity contribution in [2.45, 2.75) is 18.9 Å². The fraction of sp³-hybridized carbons (Fsp3) is 0.900. The Morgan fingerprint density at radius 2 is 2.13 bits per heavy atom. The van der Waals surface area contributed by atoms with E-state index in [1.165, 1.54) is 0 Å². The molecule has 0 fully saturated rings. The number of carboxylic acid groups (broad SMARTS) is 1. The molecule has 1 atom stereocenters. The molecule has 0 aromatic carbocycles. The van der Waals surface area contributed by atoms with Gasteiger partial charge in [0.2, 0.25) is 0 Å². The Morgan fingerprint density at radius 3 is 2.53 bits per heavy atom. The summed E-state index contributed by atoms with van der Waals surface area (Å²) in [7, 11) is 5.48. The molecule has 0 radical (unpaired) electrons. The Kier molecular flexibility index (Phi) is 6.47. The van der Waals surface area contributed by atoms with Crippen LogP contribution in [0.5, 0.6) is 0 Å². The van der Waals surface area contributed by atoms with Crippen molar-refractivity contribution in [1.82, 2.24) is 10.2 Å². The highest BCUT2D eigenvalue weighted by molar-refractivity contribution is 5.78. The topological polar surface area (TPSA) is 61.8 Å². The average molecular weight is 218 g/mol. The zero-order valence-electron chi connectivity index (χ0n) is 10.0. The summed E-state index contributed by atoms with van der Waals surface area (Å²) in [5.41, 5.74) is -0.897. The first kappa shape index (κ1) is 14.3. The van der Waals surface area contributed by atoms with Crippen LogP contribution in [0.1, 0.15) is 13.3 Å². The Balaban J connectivity index is 4.07. The van der Waals surface area contributed by atoms with E-state index in [9.17, 15) is 4.79 Å². The van der Waals surface area contributed by atoms with Gasteiger partial charge in [-0.2, -0.15) is 0 Å². The van der Waals surface area contributed by atoms with Crippen LogP contribution in [-0.4, -0.2) is 62.4 Å². The lowest BCUT2D eigenvalue weighted by molar-refractivity contribution is -0.145. The van der Waals surface area contributed by atoms with Crippen LogP contribution >= 0.6 is 0 Å². The number of ether oxygens (including phenoxy) is 1. The molecule has 15 heavy (non-hydrogen) atoms. The third-order valence-electron chi connectivity index (χ3n) is 2.35. The van der Waals surface area contributed by atoms with Gasteiger partial charge >= 0.3 is 5.97 Å². The van der Waals surface area contributed by atoms with Gasteiger partial charge < -0.3 is 20.1 Å². The van der Waals surface area contributed by atoms with Gasteiger partial charge in [0.05, 0.1) is 0 Å². The number of rotatable bonds is 8. The molecule has 0 aromatic rings. The first-order chi connectivity index (χ1) is 6.92. The molecule has 0 saturated carbocycles. The lowest BCUT2D eigenvalue weighted by Crippen LogP contribution is -2.51. The number of hydrogen-bond acceptors (Lipinski definition) is 4. The van der Waals surface area contributed by atoms with Crippen molar-refractivity contribution in [3.05, 3.63) is 0 Å². The SMILES string of the molecule is COCCC(C)(NCCN(C)C)C(=O)O. The van der Waals surface area contributed by atoms with Gasteiger partial charge in [-0.25, -0.2) is 0 Å². The Bertz CT molecular complexity index is 197. The standard InChI is InChI=1S/C10H22N2O3/c1-10(9(13)14,5-8-15-4)11-6-7-12(2)3/h11H,5-8H2,1-4H3,(H,13,14). The molecule has 0 rings (SSSR count). The average Bonchev–Trinajstić information content (AvgIpc) is 2.14. The van der Waals surface area contributed by atoms with Crippen LogP contribution < -0.4 is 5.32 Å². The molecule has 0 heterocycles. The molecule has 0 amide bonds. The summed E-state index contributed by atoms with van der Waals surface area (Å²) >= 11 is 0. The summed E-state index contributed by atoms with van der Waals surface area (Å²) in [5.74, 6) is -0.835. The monoisotopic (exact) mass is 218 g/mol. The molecule has 2 N–H and O–H groups in total. The van der Waals surface area contributed by atoms with Crippen LogP contribution in [-0.2, 0) is 9.53 Å². The van der Waals surface area contributed by atoms with E-state index in [1.54, 1.807) is 14.0 Å². The van der Waals surface area contributed by atoms with Crippen LogP contribution in [0.15, 0.2) is 0 Å². The Morgan fingerprint density at radius 1 is 1.53 bits per heavy atom. The maximum atomic E-state index is 11.1. The second kappa shape index (κ2) is 6.76. The summed E-state index contributed by atoms with van der Waals surface area (Å²) in [6.45, 7) is 3.59. The van der Waals surface area contributed by atoms with E-state index < -0.39 is 11.5 Å². The molecule has 0 spiro atoms. The highest BCUT2D eigenvalue weighted by atomic mass is 16.5. The zero-order chi connectivity index (χ0) is 11.9. The van der Waals surface area contributed by atoms with Crippen LogP contribution in [0.2, 0.25) is 0 Å². The molecule has 0 saturated heterocycles. The zero-order valence-corrected chi connectivity index (χ0v) is 10.0. The van der Waals surface area contributed by atoms with Gasteiger partial charge in [-0.05, 0) is 27.4 Å². The van der Waals surface area contributed by atoms with Crippen molar-refractivity contribution in [2.24, 2.45) is 0 Å². The van der Waals surface area contributed by atoms with E-state index in [0.717, 1.165) is 6.54 Å². The molecular weight excluding hydrogens is 196 g/mol. The summed E-state index contributed by atoms with van der Waals surface area (Å²) in [4.78, 5) is 13.1. The highest BCUT2D eigenvalue weighted by Crippen LogP contribution is 2.09. The first-order valence-electron chi connectivity index (χ1n) is 5.04. The molecule has 0 aliphatic heterocycles. The van der Waals surface area contributed by atoms with Crippen LogP contribution in [0.4, 0.5) is 0 Å². The molecule has 5 heteroatoms. The van der Waals surface area contributed by atoms with Gasteiger partial charge in [0.25, 0.3) is 0 Å². The molecule has 0 aliphatic carbocycles. The number of carbonyl (C=O) groups is 1. The smallest absolute Gasteiger partial charge is 0.323 e. The van der Waals surface area contributed by atoms with Gasteiger partial charge in [0.1, 0.15) is 5.54 Å². The third-order valence-corrected chi connectivity index (χ3v) is 2.35. The summed E-state index contributed by atoms with van der Waals surface area (Å²) in [6.07, 6.45) is 0.465. The number of carboxylic acids is 1. The molecule has 0 bridgehead atoms. The first-order valence-corrected chi connectivity index (χ1v) is 5.04. The largest absolute Gasteiger partial charge is 0.480 e. The Labute approximate surface area is 91.4 Å². The molecule has 0 aromatic heterocycles. The molecule has 90 valence electrons. The van der Waals surface area contributed by atoms with E-state index in [1.807, 2.05) is 19.0 Å². The second-order valence-electron chi connectivity index (χ2n) is 4.11. The normalized spacial score (nSPS) is 15.3. The van der Waals surface area contributed by atoms with Crippen LogP contribution in [0.25, 0.3) is 0 Å². The van der Waals surface area contributed by atoms with Crippen molar-refractivity contribution in [3.8, 4) is 0 Å². The lowest BCUT2D eigenvalue weighted by atomic mass is 9.98. The van der Waals surface area contributed by atoms with E-state index in [-0.39, 0.29) is 0 Å². The maximum Gasteiger partial charge on any atom is 0.323 e. The van der Waals surface area contributed by atoms with Gasteiger partial charge in [-0.3, -0.25) is 4.79 Å². The number of nitrogens with zero attached hydrogens (tertiary/aromatic N) is 1. The second-order valence-corrected chi connectivity index (χ2v) is 4.11. The van der Waals surface area contributed by atoms with Crippen LogP contribution in [0.3, 0.4) is 0 Å². The summed E-state index contributed by atoms with van der Waals surface area (Å²) in [5, 5.41) is 12.1. The third kappa shape index (κ3) is 5.71. The van der Waals surface area contributed by atoms with Gasteiger partial charge in [-0.1, -0.05) is 0 Å².